The molecule has 1 aliphatic rings. The zero-order chi connectivity index (χ0) is 21.8. The Kier molecular flexibility index (Phi) is 5.98. The fourth-order valence-corrected chi connectivity index (χ4v) is 3.91. The van der Waals surface area contributed by atoms with Crippen molar-refractivity contribution in [1.82, 2.24) is 4.90 Å². The monoisotopic (exact) mass is 418 g/mol. The number of hydrogen-bond acceptors (Lipinski definition) is 3. The summed E-state index contributed by atoms with van der Waals surface area (Å²) in [5.41, 5.74) is 2.82. The molecule has 158 valence electrons. The molecule has 31 heavy (non-hydrogen) atoms. The third kappa shape index (κ3) is 4.91. The predicted octanol–water partition coefficient (Wildman–Crippen LogP) is 5.09. The summed E-state index contributed by atoms with van der Waals surface area (Å²) >= 11 is 0. The van der Waals surface area contributed by atoms with Gasteiger partial charge >= 0.3 is 0 Å². The van der Waals surface area contributed by atoms with Crippen LogP contribution in [-0.2, 0) is 16.0 Å². The van der Waals surface area contributed by atoms with Crippen LogP contribution < -0.4 is 10.1 Å². The number of rotatable bonds is 5. The molecule has 1 atom stereocenters. The van der Waals surface area contributed by atoms with Gasteiger partial charge in [0.2, 0.25) is 11.8 Å². The lowest BCUT2D eigenvalue weighted by atomic mass is 9.90. The van der Waals surface area contributed by atoms with Gasteiger partial charge in [0.25, 0.3) is 0 Å². The normalized spacial score (nSPS) is 15.2. The molecule has 6 heteroatoms. The number of hydrogen-bond donors (Lipinski definition) is 1. The first-order valence-corrected chi connectivity index (χ1v) is 10.2. The Morgan fingerprint density at radius 3 is 2.55 bits per heavy atom. The molecule has 4 rings (SSSR count). The Morgan fingerprint density at radius 2 is 1.81 bits per heavy atom. The molecule has 0 aliphatic carbocycles. The van der Waals surface area contributed by atoms with Gasteiger partial charge in [-0.3, -0.25) is 9.59 Å². The molecule has 3 aromatic rings. The van der Waals surface area contributed by atoms with E-state index in [1.165, 1.54) is 24.6 Å². The highest BCUT2D eigenvalue weighted by atomic mass is 19.1. The van der Waals surface area contributed by atoms with Crippen LogP contribution in [0.3, 0.4) is 0 Å². The lowest BCUT2D eigenvalue weighted by molar-refractivity contribution is -0.132. The molecule has 1 heterocycles. The number of benzene rings is 3. The second-order valence-electron chi connectivity index (χ2n) is 7.51. The number of fused-ring (bicyclic) bond motifs is 1. The van der Waals surface area contributed by atoms with E-state index in [0.717, 1.165) is 12.0 Å². The Morgan fingerprint density at radius 1 is 1.03 bits per heavy atom. The molecule has 0 bridgehead atoms. The van der Waals surface area contributed by atoms with Crippen LogP contribution in [0.2, 0.25) is 0 Å². The van der Waals surface area contributed by atoms with E-state index in [2.05, 4.69) is 11.4 Å². The first-order chi connectivity index (χ1) is 15.0. The molecule has 0 radical (unpaired) electrons. The zero-order valence-electron chi connectivity index (χ0n) is 17.2. The number of halogens is 1. The highest BCUT2D eigenvalue weighted by molar-refractivity contribution is 5.91. The van der Waals surface area contributed by atoms with Crippen LogP contribution in [0.4, 0.5) is 10.1 Å². The van der Waals surface area contributed by atoms with Crippen molar-refractivity contribution in [2.24, 2.45) is 0 Å². The summed E-state index contributed by atoms with van der Waals surface area (Å²) in [4.78, 5) is 26.6. The van der Waals surface area contributed by atoms with Crippen molar-refractivity contribution in [3.63, 3.8) is 0 Å². The standard InChI is InChI=1S/C25H23FN2O3/c1-17(29)28-14-13-18-5-2-3-8-23(18)24(28)16-25(30)27-20-9-11-21(12-10-20)31-22-7-4-6-19(26)15-22/h2-12,15,24H,13-14,16H2,1H3,(H,27,30). The summed E-state index contributed by atoms with van der Waals surface area (Å²) in [5.74, 6) is 0.354. The van der Waals surface area contributed by atoms with Gasteiger partial charge in [-0.05, 0) is 53.9 Å². The molecule has 5 nitrogen and oxygen atoms in total. The molecule has 0 saturated carbocycles. The Hall–Kier alpha value is -3.67. The second kappa shape index (κ2) is 9.00. The summed E-state index contributed by atoms with van der Waals surface area (Å²) in [5, 5.41) is 2.89. The number of carbonyl (C=O) groups is 2. The van der Waals surface area contributed by atoms with Crippen LogP contribution in [-0.4, -0.2) is 23.3 Å². The van der Waals surface area contributed by atoms with Crippen LogP contribution >= 0.6 is 0 Å². The van der Waals surface area contributed by atoms with Gasteiger partial charge in [-0.2, -0.15) is 0 Å². The number of nitrogens with one attached hydrogen (secondary N) is 1. The zero-order valence-corrected chi connectivity index (χ0v) is 17.2. The van der Waals surface area contributed by atoms with Crippen LogP contribution in [0, 0.1) is 5.82 Å². The topological polar surface area (TPSA) is 58.6 Å². The number of anilines is 1. The summed E-state index contributed by atoms with van der Waals surface area (Å²) in [6, 6.07) is 20.4. The van der Waals surface area contributed by atoms with E-state index in [1.807, 2.05) is 18.2 Å². The van der Waals surface area contributed by atoms with E-state index in [4.69, 9.17) is 4.74 Å². The highest BCUT2D eigenvalue weighted by Crippen LogP contribution is 2.32. The minimum Gasteiger partial charge on any atom is -0.457 e. The Balaban J connectivity index is 1.43. The summed E-state index contributed by atoms with van der Waals surface area (Å²) in [7, 11) is 0. The quantitative estimate of drug-likeness (QED) is 0.628. The van der Waals surface area contributed by atoms with Crippen LogP contribution in [0.5, 0.6) is 11.5 Å². The van der Waals surface area contributed by atoms with Crippen molar-refractivity contribution in [3.05, 3.63) is 89.7 Å². The van der Waals surface area contributed by atoms with Crippen molar-refractivity contribution in [2.45, 2.75) is 25.8 Å². The highest BCUT2D eigenvalue weighted by Gasteiger charge is 2.30. The fraction of sp³-hybridized carbons (Fsp3) is 0.200. The van der Waals surface area contributed by atoms with Crippen molar-refractivity contribution >= 4 is 17.5 Å². The fourth-order valence-electron chi connectivity index (χ4n) is 3.91. The molecular formula is C25H23FN2O3. The van der Waals surface area contributed by atoms with E-state index in [9.17, 15) is 14.0 Å². The minimum absolute atomic E-state index is 0.0360. The van der Waals surface area contributed by atoms with E-state index in [0.29, 0.717) is 23.7 Å². The average Bonchev–Trinajstić information content (AvgIpc) is 2.75. The van der Waals surface area contributed by atoms with E-state index < -0.39 is 0 Å². The van der Waals surface area contributed by atoms with Crippen molar-refractivity contribution in [2.75, 3.05) is 11.9 Å². The molecule has 0 fully saturated rings. The molecule has 0 aromatic heterocycles. The number of carbonyl (C=O) groups excluding carboxylic acids is 2. The number of nitrogens with zero attached hydrogens (tertiary/aromatic N) is 1. The van der Waals surface area contributed by atoms with E-state index in [1.54, 1.807) is 41.3 Å². The molecule has 0 spiro atoms. The number of ether oxygens (including phenoxy) is 1. The Bertz CT molecular complexity index is 1100. The van der Waals surface area contributed by atoms with Gasteiger partial charge in [0.1, 0.15) is 17.3 Å². The van der Waals surface area contributed by atoms with Crippen molar-refractivity contribution in [1.29, 1.82) is 0 Å². The molecule has 1 aliphatic heterocycles. The second-order valence-corrected chi connectivity index (χ2v) is 7.51. The molecule has 3 aromatic carbocycles. The van der Waals surface area contributed by atoms with Crippen molar-refractivity contribution in [3.8, 4) is 11.5 Å². The van der Waals surface area contributed by atoms with E-state index >= 15 is 0 Å². The molecule has 1 unspecified atom stereocenters. The SMILES string of the molecule is CC(=O)N1CCc2ccccc2C1CC(=O)Nc1ccc(Oc2cccc(F)c2)cc1. The van der Waals surface area contributed by atoms with Gasteiger partial charge in [-0.15, -0.1) is 0 Å². The maximum Gasteiger partial charge on any atom is 0.226 e. The predicted molar refractivity (Wildman–Crippen MR) is 116 cm³/mol. The lowest BCUT2D eigenvalue weighted by Crippen LogP contribution is -2.40. The maximum absolute atomic E-state index is 13.3. The van der Waals surface area contributed by atoms with Crippen LogP contribution in [0.15, 0.2) is 72.8 Å². The van der Waals surface area contributed by atoms with Crippen LogP contribution in [0.25, 0.3) is 0 Å². The van der Waals surface area contributed by atoms with Crippen molar-refractivity contribution < 1.29 is 18.7 Å². The third-order valence-corrected chi connectivity index (χ3v) is 5.37. The van der Waals surface area contributed by atoms with E-state index in [-0.39, 0.29) is 30.1 Å². The molecule has 1 N–H and O–H groups in total. The average molecular weight is 418 g/mol. The molecule has 2 amide bonds. The minimum atomic E-state index is -0.370. The smallest absolute Gasteiger partial charge is 0.226 e. The molecular weight excluding hydrogens is 395 g/mol. The third-order valence-electron chi connectivity index (χ3n) is 5.37. The maximum atomic E-state index is 13.3. The number of amides is 2. The molecule has 0 saturated heterocycles. The summed E-state index contributed by atoms with van der Waals surface area (Å²) in [6.07, 6.45) is 0.971. The summed E-state index contributed by atoms with van der Waals surface area (Å²) < 4.78 is 18.9. The largest absolute Gasteiger partial charge is 0.457 e. The van der Waals surface area contributed by atoms with Gasteiger partial charge in [-0.25, -0.2) is 4.39 Å². The van der Waals surface area contributed by atoms with Gasteiger partial charge in [0.05, 0.1) is 12.5 Å². The first-order valence-electron chi connectivity index (χ1n) is 10.2. The first kappa shape index (κ1) is 20.6. The Labute approximate surface area is 180 Å². The lowest BCUT2D eigenvalue weighted by Gasteiger charge is -2.36. The van der Waals surface area contributed by atoms with Gasteiger partial charge in [-0.1, -0.05) is 30.3 Å². The van der Waals surface area contributed by atoms with Gasteiger partial charge in [0, 0.05) is 25.2 Å². The van der Waals surface area contributed by atoms with Gasteiger partial charge in [0.15, 0.2) is 0 Å². The van der Waals surface area contributed by atoms with Gasteiger partial charge < -0.3 is 15.0 Å². The van der Waals surface area contributed by atoms with Crippen LogP contribution in [0.1, 0.15) is 30.5 Å². The summed E-state index contributed by atoms with van der Waals surface area (Å²) in [6.45, 7) is 2.15.